The third-order valence-electron chi connectivity index (χ3n) is 11.0. The van der Waals surface area contributed by atoms with Crippen molar-refractivity contribution < 1.29 is 38.4 Å². The van der Waals surface area contributed by atoms with Gasteiger partial charge in [-0.05, 0) is 79.8 Å². The van der Waals surface area contributed by atoms with Gasteiger partial charge in [-0.3, -0.25) is 9.78 Å². The lowest BCUT2D eigenvalue weighted by atomic mass is 9.76. The molecule has 3 aromatic rings. The zero-order valence-electron chi connectivity index (χ0n) is 30.1. The van der Waals surface area contributed by atoms with Crippen molar-refractivity contribution in [3.63, 3.8) is 0 Å². The van der Waals surface area contributed by atoms with Crippen LogP contribution in [0.4, 0.5) is 4.79 Å². The van der Waals surface area contributed by atoms with Crippen LogP contribution in [-0.2, 0) is 20.5 Å². The molecule has 0 saturated carbocycles. The molecule has 13 nitrogen and oxygen atoms in total. The van der Waals surface area contributed by atoms with Gasteiger partial charge in [-0.15, -0.1) is 0 Å². The Morgan fingerprint density at radius 2 is 1.60 bits per heavy atom. The van der Waals surface area contributed by atoms with Crippen LogP contribution in [0.1, 0.15) is 47.2 Å². The molecular weight excluding hydrogens is 725 g/mol. The number of aromatic nitrogens is 1. The zero-order valence-corrected chi connectivity index (χ0v) is 31.6. The van der Waals surface area contributed by atoms with Crippen molar-refractivity contribution in [2.24, 2.45) is 0 Å². The van der Waals surface area contributed by atoms with Crippen LogP contribution in [0.15, 0.2) is 54.9 Å². The normalized spacial score (nSPS) is 21.6. The molecule has 6 rings (SSSR count). The number of urea groups is 1. The average molecular weight is 771 g/mol. The van der Waals surface area contributed by atoms with Crippen molar-refractivity contribution in [3.8, 4) is 17.2 Å². The maximum absolute atomic E-state index is 14.0. The minimum absolute atomic E-state index is 0.0507. The van der Waals surface area contributed by atoms with Crippen molar-refractivity contribution in [2.45, 2.75) is 42.7 Å². The number of benzene rings is 2. The minimum atomic E-state index is -1.10. The number of ether oxygens (including phenoxy) is 4. The molecule has 2 N–H and O–H groups in total. The largest absolute Gasteiger partial charge is 0.493 e. The molecule has 4 heterocycles. The number of methoxy groups -OCH3 is 3. The highest BCUT2D eigenvalue weighted by atomic mass is 35.5. The number of pyridine rings is 1. The molecule has 0 radical (unpaired) electrons. The van der Waals surface area contributed by atoms with Gasteiger partial charge >= 0.3 is 12.0 Å². The standard InChI is InChI=1S/C38H45Cl2N5O8/c1-50-31-20-25(21-32(51-2)33(31)52-3)34(46)44-17-9-37(24-44,27-4-5-28(39)29(40)22-27)8-14-43-15-10-38(11-16-43,26-6-12-41-13-7-26)42-36(49)45-18-19-53-23-30(45)35(47)48/h4-7,12-13,20-22,30H,8-11,14-19,23-24H2,1-3H3,(H,42,49)(H,47,48). The third-order valence-corrected chi connectivity index (χ3v) is 11.7. The van der Waals surface area contributed by atoms with Crippen LogP contribution in [0.3, 0.4) is 0 Å². The Kier molecular flexibility index (Phi) is 11.9. The molecule has 3 amide bonds. The molecule has 1 aromatic heterocycles. The first-order chi connectivity index (χ1) is 25.5. The van der Waals surface area contributed by atoms with Crippen LogP contribution in [0.25, 0.3) is 0 Å². The molecule has 0 aliphatic carbocycles. The van der Waals surface area contributed by atoms with Crippen molar-refractivity contribution >= 4 is 41.1 Å². The molecule has 3 aliphatic heterocycles. The van der Waals surface area contributed by atoms with Gasteiger partial charge in [0.15, 0.2) is 17.5 Å². The number of carboxylic acids is 1. The van der Waals surface area contributed by atoms with E-state index in [1.807, 2.05) is 29.2 Å². The van der Waals surface area contributed by atoms with Crippen LogP contribution in [0, 0.1) is 0 Å². The SMILES string of the molecule is COc1cc(C(=O)N2CCC(CCN3CCC(NC(=O)N4CCOCC4C(=O)O)(c4ccncc4)CC3)(c3ccc(Cl)c(Cl)c3)C2)cc(OC)c1OC. The second kappa shape index (κ2) is 16.4. The highest BCUT2D eigenvalue weighted by molar-refractivity contribution is 6.42. The van der Waals surface area contributed by atoms with Crippen LogP contribution in [0.2, 0.25) is 10.0 Å². The number of carbonyl (C=O) groups excluding carboxylic acids is 2. The van der Waals surface area contributed by atoms with Crippen LogP contribution in [0.5, 0.6) is 17.2 Å². The van der Waals surface area contributed by atoms with E-state index in [0.29, 0.717) is 71.9 Å². The number of hydrogen-bond acceptors (Lipinski definition) is 9. The van der Waals surface area contributed by atoms with Gasteiger partial charge in [-0.2, -0.15) is 0 Å². The van der Waals surface area contributed by atoms with Gasteiger partial charge in [0.1, 0.15) is 0 Å². The van der Waals surface area contributed by atoms with Gasteiger partial charge in [0.2, 0.25) is 5.75 Å². The Labute approximate surface area is 319 Å². The van der Waals surface area contributed by atoms with E-state index in [0.717, 1.165) is 30.5 Å². The summed E-state index contributed by atoms with van der Waals surface area (Å²) < 4.78 is 21.9. The van der Waals surface area contributed by atoms with Crippen LogP contribution < -0.4 is 19.5 Å². The van der Waals surface area contributed by atoms with Gasteiger partial charge in [0.25, 0.3) is 5.91 Å². The summed E-state index contributed by atoms with van der Waals surface area (Å²) in [7, 11) is 4.56. The number of carbonyl (C=O) groups is 3. The molecule has 3 saturated heterocycles. The minimum Gasteiger partial charge on any atom is -0.493 e. The highest BCUT2D eigenvalue weighted by Crippen LogP contribution is 2.43. The van der Waals surface area contributed by atoms with Gasteiger partial charge in [0.05, 0.1) is 50.1 Å². The number of amides is 3. The predicted octanol–water partition coefficient (Wildman–Crippen LogP) is 5.07. The lowest BCUT2D eigenvalue weighted by Crippen LogP contribution is -2.61. The van der Waals surface area contributed by atoms with E-state index in [4.69, 9.17) is 42.1 Å². The van der Waals surface area contributed by atoms with E-state index in [2.05, 4.69) is 15.2 Å². The third kappa shape index (κ3) is 7.98. The monoisotopic (exact) mass is 769 g/mol. The number of carboxylic acid groups (broad SMARTS) is 1. The Morgan fingerprint density at radius 3 is 2.23 bits per heavy atom. The van der Waals surface area contributed by atoms with Crippen molar-refractivity contribution in [2.75, 3.05) is 73.8 Å². The number of nitrogens with one attached hydrogen (secondary N) is 1. The Bertz CT molecular complexity index is 1780. The summed E-state index contributed by atoms with van der Waals surface area (Å²) in [6.45, 7) is 3.51. The van der Waals surface area contributed by atoms with Crippen molar-refractivity contribution in [1.82, 2.24) is 25.0 Å². The maximum atomic E-state index is 14.0. The molecule has 0 spiro atoms. The lowest BCUT2D eigenvalue weighted by molar-refractivity contribution is -0.147. The van der Waals surface area contributed by atoms with Crippen molar-refractivity contribution in [3.05, 3.63) is 81.6 Å². The molecule has 2 atom stereocenters. The fraction of sp³-hybridized carbons (Fsp3) is 0.474. The van der Waals surface area contributed by atoms with Gasteiger partial charge < -0.3 is 44.1 Å². The summed E-state index contributed by atoms with van der Waals surface area (Å²) in [5.74, 6) is -0.0221. The average Bonchev–Trinajstić information content (AvgIpc) is 3.63. The molecule has 284 valence electrons. The summed E-state index contributed by atoms with van der Waals surface area (Å²) >= 11 is 12.9. The summed E-state index contributed by atoms with van der Waals surface area (Å²) in [5, 5.41) is 13.9. The molecule has 3 aliphatic rings. The number of morpholine rings is 1. The van der Waals surface area contributed by atoms with Gasteiger partial charge in [-0.1, -0.05) is 29.3 Å². The number of aliphatic carboxylic acids is 1. The van der Waals surface area contributed by atoms with Gasteiger partial charge in [-0.25, -0.2) is 9.59 Å². The van der Waals surface area contributed by atoms with E-state index in [-0.39, 0.29) is 25.7 Å². The molecule has 2 aromatic carbocycles. The molecule has 15 heteroatoms. The van der Waals surface area contributed by atoms with Crippen LogP contribution >= 0.6 is 23.2 Å². The molecule has 0 bridgehead atoms. The van der Waals surface area contributed by atoms with E-state index in [1.165, 1.54) is 26.2 Å². The summed E-state index contributed by atoms with van der Waals surface area (Å²) in [5.41, 5.74) is 1.25. The molecular formula is C38H45Cl2N5O8. The zero-order chi connectivity index (χ0) is 37.8. The number of rotatable bonds is 11. The number of piperidine rings is 1. The maximum Gasteiger partial charge on any atom is 0.328 e. The second-order valence-corrected chi connectivity index (χ2v) is 14.6. The number of hydrogen-bond donors (Lipinski definition) is 2. The number of halogens is 2. The molecule has 2 unspecified atom stereocenters. The first-order valence-electron chi connectivity index (χ1n) is 17.6. The van der Waals surface area contributed by atoms with E-state index >= 15 is 0 Å². The second-order valence-electron chi connectivity index (χ2n) is 13.8. The Hall–Kier alpha value is -4.30. The smallest absolute Gasteiger partial charge is 0.328 e. The summed E-state index contributed by atoms with van der Waals surface area (Å²) in [4.78, 5) is 49.4. The Balaban J connectivity index is 1.20. The topological polar surface area (TPSA) is 143 Å². The molecule has 53 heavy (non-hydrogen) atoms. The summed E-state index contributed by atoms with van der Waals surface area (Å²) in [6, 6.07) is 11.4. The first-order valence-corrected chi connectivity index (χ1v) is 18.4. The number of likely N-dealkylation sites (tertiary alicyclic amines) is 2. The predicted molar refractivity (Wildman–Crippen MR) is 198 cm³/mol. The first kappa shape index (κ1) is 38.4. The van der Waals surface area contributed by atoms with Crippen molar-refractivity contribution in [1.29, 1.82) is 0 Å². The van der Waals surface area contributed by atoms with Gasteiger partial charge in [0, 0.05) is 56.1 Å². The molecule has 3 fully saturated rings. The summed E-state index contributed by atoms with van der Waals surface area (Å²) in [6.07, 6.45) is 6.09. The quantitative estimate of drug-likeness (QED) is 0.271. The van der Waals surface area contributed by atoms with E-state index in [1.54, 1.807) is 30.6 Å². The van der Waals surface area contributed by atoms with E-state index in [9.17, 15) is 19.5 Å². The fourth-order valence-corrected chi connectivity index (χ4v) is 8.16. The van der Waals surface area contributed by atoms with E-state index < -0.39 is 29.0 Å². The highest BCUT2D eigenvalue weighted by Gasteiger charge is 2.44. The lowest BCUT2D eigenvalue weighted by Gasteiger charge is -2.45. The fourth-order valence-electron chi connectivity index (χ4n) is 7.86. The Morgan fingerprint density at radius 1 is 0.906 bits per heavy atom. The number of nitrogens with zero attached hydrogens (tertiary/aromatic N) is 4. The van der Waals surface area contributed by atoms with Crippen LogP contribution in [-0.4, -0.2) is 123 Å².